The highest BCUT2D eigenvalue weighted by molar-refractivity contribution is 4.55. The molecule has 0 bridgehead atoms. The van der Waals surface area contributed by atoms with E-state index in [0.717, 1.165) is 25.8 Å². The fraction of sp³-hybridized carbons (Fsp3) is 1.00. The Morgan fingerprint density at radius 1 is 1.13 bits per heavy atom. The van der Waals surface area contributed by atoms with Crippen LogP contribution in [0.2, 0.25) is 0 Å². The molecule has 0 spiro atoms. The van der Waals surface area contributed by atoms with Crippen LogP contribution in [0.25, 0.3) is 0 Å². The van der Waals surface area contributed by atoms with Crippen LogP contribution in [0.15, 0.2) is 0 Å². The number of piperidine rings is 1. The van der Waals surface area contributed by atoms with Crippen LogP contribution >= 0.6 is 0 Å². The molecule has 15 heavy (non-hydrogen) atoms. The number of aliphatic hydroxyl groups is 1. The van der Waals surface area contributed by atoms with Gasteiger partial charge in [0.25, 0.3) is 0 Å². The van der Waals surface area contributed by atoms with Crippen molar-refractivity contribution in [2.75, 3.05) is 33.2 Å². The molecule has 0 amide bonds. The van der Waals surface area contributed by atoms with Gasteiger partial charge in [0, 0.05) is 19.6 Å². The first-order chi connectivity index (χ1) is 7.25. The van der Waals surface area contributed by atoms with Crippen molar-refractivity contribution < 1.29 is 19.1 Å². The Morgan fingerprint density at radius 2 is 1.73 bits per heavy atom. The second-order valence-electron chi connectivity index (χ2n) is 4.16. The largest absolute Gasteiger partial charge is 0.345 e. The Labute approximate surface area is 92.4 Å². The number of quaternary nitrogens is 1. The second-order valence-corrected chi connectivity index (χ2v) is 4.16. The van der Waals surface area contributed by atoms with E-state index in [1.54, 1.807) is 0 Å². The average Bonchev–Trinajstić information content (AvgIpc) is 2.27. The van der Waals surface area contributed by atoms with Gasteiger partial charge in [-0.1, -0.05) is 0 Å². The van der Waals surface area contributed by atoms with Gasteiger partial charge in [0.2, 0.25) is 0 Å². The monoisotopic (exact) mass is 218 g/mol. The first-order valence-electron chi connectivity index (χ1n) is 5.94. The van der Waals surface area contributed by atoms with Gasteiger partial charge in [-0.15, -0.1) is 0 Å². The third-order valence-corrected chi connectivity index (χ3v) is 3.05. The Morgan fingerprint density at radius 3 is 2.20 bits per heavy atom. The highest BCUT2D eigenvalue weighted by atomic mass is 16.5. The molecule has 0 aromatic rings. The molecular weight excluding hydrogens is 194 g/mol. The Balaban J connectivity index is 2.55. The molecule has 1 fully saturated rings. The zero-order valence-electron chi connectivity index (χ0n) is 9.95. The van der Waals surface area contributed by atoms with Crippen LogP contribution < -0.4 is 0 Å². The SMILES string of the molecule is CCOC[N+]1(COCC)CCCCC1O. The first-order valence-corrected chi connectivity index (χ1v) is 5.94. The standard InChI is InChI=1S/C11H24NO3/c1-3-14-9-12(10-15-4-2)8-6-5-7-11(12)13/h11,13H,3-10H2,1-2H3/q+1. The summed E-state index contributed by atoms with van der Waals surface area (Å²) >= 11 is 0. The summed E-state index contributed by atoms with van der Waals surface area (Å²) in [6.45, 7) is 7.44. The minimum Gasteiger partial charge on any atom is -0.345 e. The molecule has 1 saturated heterocycles. The van der Waals surface area contributed by atoms with Gasteiger partial charge >= 0.3 is 0 Å². The van der Waals surface area contributed by atoms with E-state index >= 15 is 0 Å². The number of hydrogen-bond donors (Lipinski definition) is 1. The van der Waals surface area contributed by atoms with Gasteiger partial charge in [-0.3, -0.25) is 4.48 Å². The minimum atomic E-state index is -0.322. The lowest BCUT2D eigenvalue weighted by atomic mass is 10.1. The van der Waals surface area contributed by atoms with E-state index in [-0.39, 0.29) is 6.23 Å². The lowest BCUT2D eigenvalue weighted by Crippen LogP contribution is -2.60. The molecule has 1 heterocycles. The summed E-state index contributed by atoms with van der Waals surface area (Å²) in [5.41, 5.74) is 0. The molecule has 1 unspecified atom stereocenters. The predicted octanol–water partition coefficient (Wildman–Crippen LogP) is 1.29. The molecule has 0 saturated carbocycles. The van der Waals surface area contributed by atoms with Gasteiger partial charge < -0.3 is 14.6 Å². The number of aliphatic hydroxyl groups excluding tert-OH is 1. The molecule has 0 aliphatic carbocycles. The predicted molar refractivity (Wildman–Crippen MR) is 58.0 cm³/mol. The van der Waals surface area contributed by atoms with Crippen LogP contribution in [-0.2, 0) is 9.47 Å². The van der Waals surface area contributed by atoms with E-state index in [2.05, 4.69) is 0 Å². The second kappa shape index (κ2) is 6.43. The number of hydrogen-bond acceptors (Lipinski definition) is 3. The van der Waals surface area contributed by atoms with E-state index in [1.807, 2.05) is 13.8 Å². The summed E-state index contributed by atoms with van der Waals surface area (Å²) in [6, 6.07) is 0. The topological polar surface area (TPSA) is 38.7 Å². The molecule has 4 nitrogen and oxygen atoms in total. The number of likely N-dealkylation sites (tertiary alicyclic amines) is 1. The normalized spacial score (nSPS) is 25.4. The molecule has 1 aliphatic heterocycles. The zero-order chi connectivity index (χ0) is 11.1. The maximum atomic E-state index is 10.1. The van der Waals surface area contributed by atoms with Crippen LogP contribution in [-0.4, -0.2) is 49.0 Å². The molecule has 90 valence electrons. The fourth-order valence-corrected chi connectivity index (χ4v) is 2.06. The summed E-state index contributed by atoms with van der Waals surface area (Å²) in [6.07, 6.45) is 2.80. The zero-order valence-corrected chi connectivity index (χ0v) is 9.95. The number of ether oxygens (including phenoxy) is 2. The van der Waals surface area contributed by atoms with E-state index in [4.69, 9.17) is 9.47 Å². The van der Waals surface area contributed by atoms with Crippen LogP contribution in [0.5, 0.6) is 0 Å². The van der Waals surface area contributed by atoms with Crippen LogP contribution in [0.1, 0.15) is 33.1 Å². The number of nitrogens with zero attached hydrogens (tertiary/aromatic N) is 1. The van der Waals surface area contributed by atoms with Gasteiger partial charge in [0.15, 0.2) is 19.7 Å². The van der Waals surface area contributed by atoms with Gasteiger partial charge in [0.05, 0.1) is 6.54 Å². The van der Waals surface area contributed by atoms with Gasteiger partial charge in [-0.2, -0.15) is 0 Å². The minimum absolute atomic E-state index is 0.322. The summed E-state index contributed by atoms with van der Waals surface area (Å²) in [4.78, 5) is 0. The highest BCUT2D eigenvalue weighted by Crippen LogP contribution is 2.24. The maximum Gasteiger partial charge on any atom is 0.194 e. The molecule has 0 aromatic carbocycles. The average molecular weight is 218 g/mol. The van der Waals surface area contributed by atoms with Crippen molar-refractivity contribution in [3.63, 3.8) is 0 Å². The molecular formula is C11H24NO3+. The van der Waals surface area contributed by atoms with E-state index in [0.29, 0.717) is 31.2 Å². The van der Waals surface area contributed by atoms with Gasteiger partial charge in [0.1, 0.15) is 0 Å². The summed E-state index contributed by atoms with van der Waals surface area (Å²) < 4.78 is 11.5. The van der Waals surface area contributed by atoms with Crippen molar-refractivity contribution in [1.29, 1.82) is 0 Å². The summed E-state index contributed by atoms with van der Waals surface area (Å²) in [7, 11) is 0. The Hall–Kier alpha value is -0.160. The quantitative estimate of drug-likeness (QED) is 0.683. The van der Waals surface area contributed by atoms with Crippen molar-refractivity contribution in [1.82, 2.24) is 0 Å². The van der Waals surface area contributed by atoms with Crippen LogP contribution in [0.3, 0.4) is 0 Å². The summed E-state index contributed by atoms with van der Waals surface area (Å²) in [5, 5.41) is 10.1. The smallest absolute Gasteiger partial charge is 0.194 e. The van der Waals surface area contributed by atoms with Crippen molar-refractivity contribution in [3.8, 4) is 0 Å². The molecule has 1 rings (SSSR count). The fourth-order valence-electron chi connectivity index (χ4n) is 2.06. The molecule has 1 aliphatic rings. The van der Waals surface area contributed by atoms with E-state index in [9.17, 15) is 5.11 Å². The van der Waals surface area contributed by atoms with E-state index in [1.165, 1.54) is 0 Å². The third-order valence-electron chi connectivity index (χ3n) is 3.05. The Kier molecular flexibility index (Phi) is 5.53. The van der Waals surface area contributed by atoms with Gasteiger partial charge in [-0.05, 0) is 26.7 Å². The van der Waals surface area contributed by atoms with Crippen molar-refractivity contribution in [2.45, 2.75) is 39.3 Å². The lowest BCUT2D eigenvalue weighted by Gasteiger charge is -2.43. The van der Waals surface area contributed by atoms with E-state index < -0.39 is 0 Å². The maximum absolute atomic E-state index is 10.1. The van der Waals surface area contributed by atoms with Gasteiger partial charge in [-0.25, -0.2) is 0 Å². The third kappa shape index (κ3) is 3.41. The first kappa shape index (κ1) is 12.9. The molecule has 4 heteroatoms. The van der Waals surface area contributed by atoms with Crippen molar-refractivity contribution in [2.24, 2.45) is 0 Å². The molecule has 1 atom stereocenters. The van der Waals surface area contributed by atoms with Crippen LogP contribution in [0, 0.1) is 0 Å². The van der Waals surface area contributed by atoms with Crippen molar-refractivity contribution in [3.05, 3.63) is 0 Å². The molecule has 0 aromatic heterocycles. The Bertz CT molecular complexity index is 167. The lowest BCUT2D eigenvalue weighted by molar-refractivity contribution is -1.01. The molecule has 0 radical (unpaired) electrons. The van der Waals surface area contributed by atoms with Crippen molar-refractivity contribution >= 4 is 0 Å². The highest BCUT2D eigenvalue weighted by Gasteiger charge is 2.38. The van der Waals surface area contributed by atoms with Crippen LogP contribution in [0.4, 0.5) is 0 Å². The molecule has 1 N–H and O–H groups in total. The summed E-state index contributed by atoms with van der Waals surface area (Å²) in [5.74, 6) is 0. The number of rotatable bonds is 6.